The van der Waals surface area contributed by atoms with Gasteiger partial charge in [-0.2, -0.15) is 0 Å². The van der Waals surface area contributed by atoms with Crippen LogP contribution in [-0.2, 0) is 14.3 Å². The van der Waals surface area contributed by atoms with E-state index in [1.165, 1.54) is 6.92 Å². The van der Waals surface area contributed by atoms with Gasteiger partial charge in [-0.3, -0.25) is 14.5 Å². The maximum absolute atomic E-state index is 12.1. The molecule has 6 heteroatoms. The van der Waals surface area contributed by atoms with Crippen LogP contribution in [0.5, 0.6) is 0 Å². The normalized spacial score (nSPS) is 18.8. The number of nitrogens with zero attached hydrogens (tertiary/aromatic N) is 1. The van der Waals surface area contributed by atoms with Gasteiger partial charge in [-0.05, 0) is 12.8 Å². The Hall–Kier alpha value is -1.14. The molecular weight excluding hydrogens is 282 g/mol. The molecule has 6 nitrogen and oxygen atoms in total. The Kier molecular flexibility index (Phi) is 8.42. The van der Waals surface area contributed by atoms with Crippen LogP contribution in [0, 0.1) is 5.92 Å². The highest BCUT2D eigenvalue weighted by Gasteiger charge is 2.27. The van der Waals surface area contributed by atoms with Crippen LogP contribution in [-0.4, -0.2) is 61.6 Å². The molecule has 0 spiro atoms. The molecule has 1 fully saturated rings. The topological polar surface area (TPSA) is 70.7 Å². The van der Waals surface area contributed by atoms with Crippen LogP contribution in [0.25, 0.3) is 0 Å². The second kappa shape index (κ2) is 9.79. The fourth-order valence-corrected chi connectivity index (χ4v) is 3.06. The molecule has 1 heterocycles. The van der Waals surface area contributed by atoms with Gasteiger partial charge in [0.15, 0.2) is 0 Å². The molecule has 0 aromatic heterocycles. The fraction of sp³-hybridized carbons (Fsp3) is 0.875. The summed E-state index contributed by atoms with van der Waals surface area (Å²) < 4.78 is 5.43. The average Bonchev–Trinajstić information content (AvgIpc) is 2.51. The Morgan fingerprint density at radius 3 is 2.27 bits per heavy atom. The Balaban J connectivity index is 2.59. The molecule has 1 aliphatic heterocycles. The molecule has 2 atom stereocenters. The molecule has 1 rings (SSSR count). The molecule has 2 amide bonds. The van der Waals surface area contributed by atoms with Crippen LogP contribution in [0.2, 0.25) is 0 Å². The Labute approximate surface area is 134 Å². The summed E-state index contributed by atoms with van der Waals surface area (Å²) in [6.07, 6.45) is 2.19. The lowest BCUT2D eigenvalue weighted by atomic mass is 9.92. The summed E-state index contributed by atoms with van der Waals surface area (Å²) in [6, 6.07) is -0.170. The summed E-state index contributed by atoms with van der Waals surface area (Å²) in [5.74, 6) is 0.237. The van der Waals surface area contributed by atoms with Crippen molar-refractivity contribution in [3.8, 4) is 0 Å². The number of morpholine rings is 1. The summed E-state index contributed by atoms with van der Waals surface area (Å²) >= 11 is 0. The molecule has 22 heavy (non-hydrogen) atoms. The summed E-state index contributed by atoms with van der Waals surface area (Å²) in [6.45, 7) is 11.5. The highest BCUT2D eigenvalue weighted by atomic mass is 16.5. The van der Waals surface area contributed by atoms with Gasteiger partial charge in [-0.25, -0.2) is 0 Å². The van der Waals surface area contributed by atoms with Gasteiger partial charge in [0.05, 0.1) is 13.2 Å². The predicted octanol–water partition coefficient (Wildman–Crippen LogP) is 0.764. The molecule has 1 aliphatic rings. The van der Waals surface area contributed by atoms with Crippen molar-refractivity contribution in [1.82, 2.24) is 15.5 Å². The largest absolute Gasteiger partial charge is 0.379 e. The molecule has 0 saturated carbocycles. The first kappa shape index (κ1) is 18.9. The third kappa shape index (κ3) is 5.93. The maximum atomic E-state index is 12.1. The van der Waals surface area contributed by atoms with Gasteiger partial charge >= 0.3 is 0 Å². The van der Waals surface area contributed by atoms with Crippen LogP contribution in [0.1, 0.15) is 40.5 Å². The minimum atomic E-state index is -0.496. The molecule has 0 aliphatic carbocycles. The Bertz CT molecular complexity index is 353. The molecule has 0 radical (unpaired) electrons. The van der Waals surface area contributed by atoms with E-state index >= 15 is 0 Å². The molecule has 0 aromatic carbocycles. The standard InChI is InChI=1S/C16H31N3O3/c1-5-14(6-2)15(19-7-9-22-10-8-19)11-17-16(21)12(3)18-13(4)20/h12,14-15H,5-11H2,1-4H3,(H,17,21)(H,18,20). The van der Waals surface area contributed by atoms with Crippen molar-refractivity contribution in [2.75, 3.05) is 32.8 Å². The number of rotatable bonds is 8. The van der Waals surface area contributed by atoms with Crippen molar-refractivity contribution < 1.29 is 14.3 Å². The molecule has 2 unspecified atom stereocenters. The summed E-state index contributed by atoms with van der Waals surface area (Å²) in [4.78, 5) is 25.5. The highest BCUT2D eigenvalue weighted by molar-refractivity contribution is 5.86. The van der Waals surface area contributed by atoms with Gasteiger partial charge in [0.1, 0.15) is 6.04 Å². The van der Waals surface area contributed by atoms with E-state index in [4.69, 9.17) is 4.74 Å². The van der Waals surface area contributed by atoms with Crippen LogP contribution in [0.3, 0.4) is 0 Å². The van der Waals surface area contributed by atoms with Gasteiger partial charge < -0.3 is 15.4 Å². The van der Waals surface area contributed by atoms with E-state index < -0.39 is 6.04 Å². The number of hydrogen-bond acceptors (Lipinski definition) is 4. The number of amides is 2. The van der Waals surface area contributed by atoms with E-state index in [-0.39, 0.29) is 11.8 Å². The van der Waals surface area contributed by atoms with E-state index in [2.05, 4.69) is 29.4 Å². The molecule has 0 aromatic rings. The maximum Gasteiger partial charge on any atom is 0.242 e. The first-order chi connectivity index (χ1) is 10.5. The Morgan fingerprint density at radius 1 is 1.18 bits per heavy atom. The van der Waals surface area contributed by atoms with Crippen LogP contribution in [0.4, 0.5) is 0 Å². The lowest BCUT2D eigenvalue weighted by Gasteiger charge is -2.39. The second-order valence-corrected chi connectivity index (χ2v) is 5.96. The number of carbonyl (C=O) groups excluding carboxylic acids is 2. The van der Waals surface area contributed by atoms with E-state index in [1.54, 1.807) is 6.92 Å². The number of nitrogens with one attached hydrogen (secondary N) is 2. The van der Waals surface area contributed by atoms with E-state index in [0.717, 1.165) is 39.1 Å². The zero-order valence-corrected chi connectivity index (χ0v) is 14.4. The predicted molar refractivity (Wildman–Crippen MR) is 86.5 cm³/mol. The minimum absolute atomic E-state index is 0.126. The van der Waals surface area contributed by atoms with Crippen LogP contribution in [0.15, 0.2) is 0 Å². The monoisotopic (exact) mass is 313 g/mol. The molecule has 2 N–H and O–H groups in total. The molecule has 128 valence electrons. The quantitative estimate of drug-likeness (QED) is 0.694. The fourth-order valence-electron chi connectivity index (χ4n) is 3.06. The third-order valence-corrected chi connectivity index (χ3v) is 4.41. The SMILES string of the molecule is CCC(CC)C(CNC(=O)C(C)NC(C)=O)N1CCOCC1. The number of carbonyl (C=O) groups is 2. The van der Waals surface area contributed by atoms with E-state index in [0.29, 0.717) is 18.5 Å². The van der Waals surface area contributed by atoms with Crippen molar-refractivity contribution in [2.24, 2.45) is 5.92 Å². The van der Waals surface area contributed by atoms with Crippen molar-refractivity contribution in [3.63, 3.8) is 0 Å². The van der Waals surface area contributed by atoms with Gasteiger partial charge in [0, 0.05) is 32.6 Å². The summed E-state index contributed by atoms with van der Waals surface area (Å²) in [5.41, 5.74) is 0. The second-order valence-electron chi connectivity index (χ2n) is 5.96. The Morgan fingerprint density at radius 2 is 1.77 bits per heavy atom. The van der Waals surface area contributed by atoms with Crippen molar-refractivity contribution in [3.05, 3.63) is 0 Å². The van der Waals surface area contributed by atoms with E-state index in [1.807, 2.05) is 0 Å². The molecular formula is C16H31N3O3. The van der Waals surface area contributed by atoms with Crippen LogP contribution >= 0.6 is 0 Å². The zero-order chi connectivity index (χ0) is 16.5. The molecule has 0 bridgehead atoms. The van der Waals surface area contributed by atoms with Crippen molar-refractivity contribution >= 4 is 11.8 Å². The number of hydrogen-bond donors (Lipinski definition) is 2. The average molecular weight is 313 g/mol. The highest BCUT2D eigenvalue weighted by Crippen LogP contribution is 2.19. The lowest BCUT2D eigenvalue weighted by molar-refractivity contribution is -0.127. The smallest absolute Gasteiger partial charge is 0.242 e. The van der Waals surface area contributed by atoms with Crippen molar-refractivity contribution in [2.45, 2.75) is 52.6 Å². The van der Waals surface area contributed by atoms with Gasteiger partial charge in [-0.1, -0.05) is 26.7 Å². The first-order valence-electron chi connectivity index (χ1n) is 8.36. The third-order valence-electron chi connectivity index (χ3n) is 4.41. The number of ether oxygens (including phenoxy) is 1. The van der Waals surface area contributed by atoms with E-state index in [9.17, 15) is 9.59 Å². The van der Waals surface area contributed by atoms with Crippen LogP contribution < -0.4 is 10.6 Å². The minimum Gasteiger partial charge on any atom is -0.379 e. The van der Waals surface area contributed by atoms with Gasteiger partial charge in [0.2, 0.25) is 11.8 Å². The van der Waals surface area contributed by atoms with Gasteiger partial charge in [-0.15, -0.1) is 0 Å². The van der Waals surface area contributed by atoms with Gasteiger partial charge in [0.25, 0.3) is 0 Å². The summed E-state index contributed by atoms with van der Waals surface area (Å²) in [7, 11) is 0. The van der Waals surface area contributed by atoms with Crippen molar-refractivity contribution in [1.29, 1.82) is 0 Å². The first-order valence-corrected chi connectivity index (χ1v) is 8.36. The zero-order valence-electron chi connectivity index (χ0n) is 14.4. The lowest BCUT2D eigenvalue weighted by Crippen LogP contribution is -2.54. The molecule has 1 saturated heterocycles. The summed E-state index contributed by atoms with van der Waals surface area (Å²) in [5, 5.41) is 5.62.